The Morgan fingerprint density at radius 3 is 2.56 bits per heavy atom. The third-order valence-electron chi connectivity index (χ3n) is 6.73. The molecule has 0 unspecified atom stereocenters. The number of fused-ring (bicyclic) bond motifs is 2. The van der Waals surface area contributed by atoms with Crippen molar-refractivity contribution < 1.29 is 22.7 Å². The molecule has 0 spiro atoms. The van der Waals surface area contributed by atoms with Crippen LogP contribution in [0.3, 0.4) is 0 Å². The lowest BCUT2D eigenvalue weighted by Gasteiger charge is -2.26. The van der Waals surface area contributed by atoms with Crippen LogP contribution in [-0.4, -0.2) is 64.5 Å². The van der Waals surface area contributed by atoms with Crippen molar-refractivity contribution in [2.75, 3.05) is 44.4 Å². The Morgan fingerprint density at radius 1 is 0.974 bits per heavy atom. The second-order valence-corrected chi connectivity index (χ2v) is 11.7. The van der Waals surface area contributed by atoms with Crippen molar-refractivity contribution >= 4 is 38.9 Å². The first kappa shape index (κ1) is 27.3. The van der Waals surface area contributed by atoms with Crippen LogP contribution in [0.25, 0.3) is 0 Å². The molecule has 1 saturated heterocycles. The van der Waals surface area contributed by atoms with E-state index in [1.807, 2.05) is 6.07 Å². The van der Waals surface area contributed by atoms with Gasteiger partial charge in [-0.05, 0) is 61.0 Å². The fourth-order valence-electron chi connectivity index (χ4n) is 4.69. The molecule has 5 rings (SSSR count). The van der Waals surface area contributed by atoms with Crippen molar-refractivity contribution in [3.63, 3.8) is 0 Å². The summed E-state index contributed by atoms with van der Waals surface area (Å²) in [7, 11) is -4.04. The number of nitrogens with one attached hydrogen (secondary N) is 2. The number of hydrogen-bond acceptors (Lipinski definition) is 7. The van der Waals surface area contributed by atoms with Gasteiger partial charge in [0, 0.05) is 36.8 Å². The number of morpholine rings is 1. The molecule has 2 amide bonds. The van der Waals surface area contributed by atoms with Gasteiger partial charge in [-0.15, -0.1) is 0 Å². The second kappa shape index (κ2) is 11.8. The Balaban J connectivity index is 1.41. The Bertz CT molecular complexity index is 1490. The van der Waals surface area contributed by atoms with Crippen LogP contribution < -0.4 is 15.8 Å². The first-order valence-corrected chi connectivity index (χ1v) is 14.6. The van der Waals surface area contributed by atoms with Gasteiger partial charge in [-0.25, -0.2) is 18.9 Å². The average molecular weight is 569 g/mol. The predicted octanol–water partition coefficient (Wildman–Crippen LogP) is 3.29. The molecule has 39 heavy (non-hydrogen) atoms. The molecule has 0 bridgehead atoms. The average Bonchev–Trinajstić information content (AvgIpc) is 3.01. The third-order valence-corrected chi connectivity index (χ3v) is 8.83. The van der Waals surface area contributed by atoms with Gasteiger partial charge in [0.15, 0.2) is 0 Å². The zero-order chi connectivity index (χ0) is 27.4. The number of nitrogens with zero attached hydrogens (tertiary/aromatic N) is 2. The minimum absolute atomic E-state index is 0.0430. The van der Waals surface area contributed by atoms with E-state index in [-0.39, 0.29) is 39.1 Å². The van der Waals surface area contributed by atoms with Gasteiger partial charge in [0.1, 0.15) is 0 Å². The Kier molecular flexibility index (Phi) is 8.29. The summed E-state index contributed by atoms with van der Waals surface area (Å²) in [5.74, 6) is -0.890. The Morgan fingerprint density at radius 2 is 1.77 bits per heavy atom. The van der Waals surface area contributed by atoms with E-state index in [0.717, 1.165) is 44.8 Å². The number of hydrogen-bond donors (Lipinski definition) is 2. The zero-order valence-corrected chi connectivity index (χ0v) is 22.8. The van der Waals surface area contributed by atoms with Crippen LogP contribution in [0.1, 0.15) is 32.7 Å². The molecule has 2 aliphatic heterocycles. The lowest BCUT2D eigenvalue weighted by atomic mass is 10.1. The number of hydrazine groups is 1. The molecule has 0 radical (unpaired) electrons. The van der Waals surface area contributed by atoms with Gasteiger partial charge >= 0.3 is 0 Å². The van der Waals surface area contributed by atoms with Crippen LogP contribution in [0.4, 0.5) is 5.69 Å². The Hall–Kier alpha value is -3.28. The van der Waals surface area contributed by atoms with Crippen molar-refractivity contribution in [1.82, 2.24) is 15.6 Å². The SMILES string of the molecule is O=C(NCCCN1CCOCC1)c1ccc2c(c1)N(NCc1cccc(Cl)c1)C(=O)c1ccccc1S2(=O)=O. The number of rotatable bonds is 8. The van der Waals surface area contributed by atoms with Gasteiger partial charge in [-0.3, -0.25) is 14.5 Å². The summed E-state index contributed by atoms with van der Waals surface area (Å²) in [6.07, 6.45) is 0.770. The van der Waals surface area contributed by atoms with Crippen molar-refractivity contribution in [2.45, 2.75) is 22.8 Å². The molecule has 0 atom stereocenters. The van der Waals surface area contributed by atoms with E-state index < -0.39 is 15.7 Å². The summed E-state index contributed by atoms with van der Waals surface area (Å²) in [5.41, 5.74) is 4.23. The van der Waals surface area contributed by atoms with Crippen LogP contribution in [-0.2, 0) is 21.1 Å². The highest BCUT2D eigenvalue weighted by Crippen LogP contribution is 2.36. The number of anilines is 1. The van der Waals surface area contributed by atoms with E-state index in [2.05, 4.69) is 15.6 Å². The smallest absolute Gasteiger partial charge is 0.274 e. The molecule has 9 nitrogen and oxygen atoms in total. The molecule has 204 valence electrons. The maximum atomic E-state index is 13.7. The first-order chi connectivity index (χ1) is 18.8. The summed E-state index contributed by atoms with van der Waals surface area (Å²) >= 11 is 6.12. The monoisotopic (exact) mass is 568 g/mol. The topological polar surface area (TPSA) is 108 Å². The van der Waals surface area contributed by atoms with Crippen LogP contribution in [0.5, 0.6) is 0 Å². The largest absolute Gasteiger partial charge is 0.379 e. The van der Waals surface area contributed by atoms with E-state index in [0.29, 0.717) is 11.6 Å². The lowest BCUT2D eigenvalue weighted by molar-refractivity contribution is 0.0374. The molecule has 2 aliphatic rings. The zero-order valence-electron chi connectivity index (χ0n) is 21.2. The van der Waals surface area contributed by atoms with E-state index in [1.54, 1.807) is 30.3 Å². The Labute approximate surface area is 232 Å². The normalized spacial score (nSPS) is 16.7. The van der Waals surface area contributed by atoms with Crippen molar-refractivity contribution in [3.05, 3.63) is 88.4 Å². The molecular formula is C28H29ClN4O5S. The van der Waals surface area contributed by atoms with Crippen LogP contribution in [0.15, 0.2) is 76.5 Å². The van der Waals surface area contributed by atoms with Gasteiger partial charge in [0.25, 0.3) is 11.8 Å². The minimum Gasteiger partial charge on any atom is -0.379 e. The number of amides is 2. The number of ether oxygens (including phenoxy) is 1. The minimum atomic E-state index is -4.04. The maximum Gasteiger partial charge on any atom is 0.274 e. The summed E-state index contributed by atoms with van der Waals surface area (Å²) in [5, 5.41) is 4.65. The molecule has 0 saturated carbocycles. The van der Waals surface area contributed by atoms with Crippen LogP contribution in [0.2, 0.25) is 5.02 Å². The molecule has 11 heteroatoms. The van der Waals surface area contributed by atoms with Gasteiger partial charge in [-0.2, -0.15) is 0 Å². The van der Waals surface area contributed by atoms with Crippen LogP contribution >= 0.6 is 11.6 Å². The van der Waals surface area contributed by atoms with Crippen molar-refractivity contribution in [2.24, 2.45) is 0 Å². The number of halogens is 1. The molecule has 2 heterocycles. The number of carbonyl (C=O) groups excluding carboxylic acids is 2. The summed E-state index contributed by atoms with van der Waals surface area (Å²) in [6, 6.07) is 17.5. The quantitative estimate of drug-likeness (QED) is 0.401. The highest BCUT2D eigenvalue weighted by atomic mass is 35.5. The fourth-order valence-corrected chi connectivity index (χ4v) is 6.52. The number of carbonyl (C=O) groups is 2. The maximum absolute atomic E-state index is 13.7. The molecular weight excluding hydrogens is 540 g/mol. The highest BCUT2D eigenvalue weighted by Gasteiger charge is 2.36. The first-order valence-electron chi connectivity index (χ1n) is 12.7. The number of sulfone groups is 1. The predicted molar refractivity (Wildman–Crippen MR) is 148 cm³/mol. The lowest BCUT2D eigenvalue weighted by Crippen LogP contribution is -2.43. The summed E-state index contributed by atoms with van der Waals surface area (Å²) in [4.78, 5) is 28.8. The molecule has 2 N–H and O–H groups in total. The molecule has 3 aromatic rings. The van der Waals surface area contributed by atoms with E-state index in [1.165, 1.54) is 35.3 Å². The van der Waals surface area contributed by atoms with Gasteiger partial charge in [0.2, 0.25) is 9.84 Å². The van der Waals surface area contributed by atoms with Crippen molar-refractivity contribution in [3.8, 4) is 0 Å². The van der Waals surface area contributed by atoms with Crippen molar-refractivity contribution in [1.29, 1.82) is 0 Å². The molecule has 3 aromatic carbocycles. The summed E-state index contributed by atoms with van der Waals surface area (Å²) < 4.78 is 32.6. The highest BCUT2D eigenvalue weighted by molar-refractivity contribution is 7.91. The van der Waals surface area contributed by atoms with Gasteiger partial charge in [0.05, 0.1) is 34.3 Å². The fraction of sp³-hybridized carbons (Fsp3) is 0.286. The number of benzene rings is 3. The second-order valence-electron chi connectivity index (χ2n) is 9.35. The third kappa shape index (κ3) is 6.00. The van der Waals surface area contributed by atoms with E-state index >= 15 is 0 Å². The molecule has 0 aliphatic carbocycles. The molecule has 0 aromatic heterocycles. The molecule has 1 fully saturated rings. The van der Waals surface area contributed by atoms with E-state index in [9.17, 15) is 18.0 Å². The standard InChI is InChI=1S/C28H29ClN4O5S/c29-22-6-3-5-20(17-22)19-31-33-24-18-21(27(34)30-11-4-12-32-13-15-38-16-14-32)9-10-26(24)39(36,37)25-8-2-1-7-23(25)28(33)35/h1-3,5-10,17-18,31H,4,11-16,19H2,(H,30,34). The summed E-state index contributed by atoms with van der Waals surface area (Å²) in [6.45, 7) is 4.70. The van der Waals surface area contributed by atoms with E-state index in [4.69, 9.17) is 16.3 Å². The van der Waals surface area contributed by atoms with Gasteiger partial charge < -0.3 is 10.1 Å². The van der Waals surface area contributed by atoms with Crippen LogP contribution in [0, 0.1) is 0 Å². The van der Waals surface area contributed by atoms with Gasteiger partial charge in [-0.1, -0.05) is 35.9 Å².